The van der Waals surface area contributed by atoms with Crippen LogP contribution in [0.4, 0.5) is 10.1 Å². The van der Waals surface area contributed by atoms with Crippen molar-refractivity contribution in [3.8, 4) is 5.75 Å². The van der Waals surface area contributed by atoms with E-state index in [0.717, 1.165) is 43.2 Å². The van der Waals surface area contributed by atoms with Crippen LogP contribution in [-0.4, -0.2) is 50.6 Å². The van der Waals surface area contributed by atoms with Crippen LogP contribution in [0.15, 0.2) is 48.5 Å². The maximum atomic E-state index is 13.0. The molecule has 1 fully saturated rings. The van der Waals surface area contributed by atoms with Crippen molar-refractivity contribution in [2.24, 2.45) is 0 Å². The summed E-state index contributed by atoms with van der Waals surface area (Å²) in [4.78, 5) is 16.5. The Labute approximate surface area is 153 Å². The summed E-state index contributed by atoms with van der Waals surface area (Å²) in [6.45, 7) is 4.16. The summed E-state index contributed by atoms with van der Waals surface area (Å²) in [7, 11) is 1.63. The minimum atomic E-state index is -0.222. The molecular weight excluding hydrogens is 333 g/mol. The van der Waals surface area contributed by atoms with E-state index in [2.05, 4.69) is 15.1 Å². The number of amides is 1. The van der Waals surface area contributed by atoms with Gasteiger partial charge in [0, 0.05) is 38.4 Å². The van der Waals surface area contributed by atoms with Gasteiger partial charge in [-0.15, -0.1) is 0 Å². The standard InChI is InChI=1S/C20H24FN3O2/c1-26-19-4-2-3-16(13-19)14-22-20(25)15-23-9-11-24(12-10-23)18-7-5-17(21)6-8-18/h2-8,13H,9-12,14-15H2,1H3,(H,22,25). The highest BCUT2D eigenvalue weighted by Gasteiger charge is 2.19. The van der Waals surface area contributed by atoms with Crippen LogP contribution in [0, 0.1) is 5.82 Å². The van der Waals surface area contributed by atoms with Gasteiger partial charge in [-0.1, -0.05) is 12.1 Å². The zero-order valence-corrected chi connectivity index (χ0v) is 15.0. The molecule has 3 rings (SSSR count). The fourth-order valence-corrected chi connectivity index (χ4v) is 3.06. The normalized spacial score (nSPS) is 14.9. The highest BCUT2D eigenvalue weighted by atomic mass is 19.1. The molecule has 0 aliphatic carbocycles. The fraction of sp³-hybridized carbons (Fsp3) is 0.350. The van der Waals surface area contributed by atoms with Crippen molar-refractivity contribution in [1.82, 2.24) is 10.2 Å². The summed E-state index contributed by atoms with van der Waals surface area (Å²) in [5.74, 6) is 0.580. The molecular formula is C20H24FN3O2. The molecule has 1 saturated heterocycles. The number of hydrogen-bond acceptors (Lipinski definition) is 4. The first-order valence-electron chi connectivity index (χ1n) is 8.76. The predicted molar refractivity (Wildman–Crippen MR) is 99.9 cm³/mol. The van der Waals surface area contributed by atoms with Crippen molar-refractivity contribution >= 4 is 11.6 Å². The molecule has 0 spiro atoms. The number of benzene rings is 2. The number of carbonyl (C=O) groups excluding carboxylic acids is 1. The lowest BCUT2D eigenvalue weighted by molar-refractivity contribution is -0.122. The van der Waals surface area contributed by atoms with E-state index in [1.165, 1.54) is 12.1 Å². The number of rotatable bonds is 6. The molecule has 26 heavy (non-hydrogen) atoms. The lowest BCUT2D eigenvalue weighted by Crippen LogP contribution is -2.49. The minimum Gasteiger partial charge on any atom is -0.497 e. The number of ether oxygens (including phenoxy) is 1. The number of nitrogens with one attached hydrogen (secondary N) is 1. The Bertz CT molecular complexity index is 728. The summed E-state index contributed by atoms with van der Waals surface area (Å²) >= 11 is 0. The summed E-state index contributed by atoms with van der Waals surface area (Å²) in [6, 6.07) is 14.2. The average Bonchev–Trinajstić information content (AvgIpc) is 2.68. The van der Waals surface area contributed by atoms with Crippen molar-refractivity contribution in [1.29, 1.82) is 0 Å². The second-order valence-corrected chi connectivity index (χ2v) is 6.37. The summed E-state index contributed by atoms with van der Waals surface area (Å²) in [5, 5.41) is 2.96. The zero-order chi connectivity index (χ0) is 18.4. The van der Waals surface area contributed by atoms with Crippen LogP contribution in [0.5, 0.6) is 5.75 Å². The molecule has 5 nitrogen and oxygen atoms in total. The first-order valence-corrected chi connectivity index (χ1v) is 8.76. The molecule has 0 bridgehead atoms. The van der Waals surface area contributed by atoms with Gasteiger partial charge in [0.15, 0.2) is 0 Å². The number of piperazine rings is 1. The Balaban J connectivity index is 1.42. The van der Waals surface area contributed by atoms with E-state index in [9.17, 15) is 9.18 Å². The SMILES string of the molecule is COc1cccc(CNC(=O)CN2CCN(c3ccc(F)cc3)CC2)c1. The van der Waals surface area contributed by atoms with Gasteiger partial charge in [-0.3, -0.25) is 9.69 Å². The molecule has 1 amide bonds. The molecule has 6 heteroatoms. The molecule has 0 unspecified atom stereocenters. The molecule has 138 valence electrons. The third-order valence-electron chi connectivity index (χ3n) is 4.56. The monoisotopic (exact) mass is 357 g/mol. The highest BCUT2D eigenvalue weighted by molar-refractivity contribution is 5.78. The largest absolute Gasteiger partial charge is 0.497 e. The number of carbonyl (C=O) groups is 1. The molecule has 0 aromatic heterocycles. The van der Waals surface area contributed by atoms with E-state index in [0.29, 0.717) is 13.1 Å². The molecule has 2 aromatic rings. The average molecular weight is 357 g/mol. The van der Waals surface area contributed by atoms with Crippen molar-refractivity contribution in [2.45, 2.75) is 6.54 Å². The van der Waals surface area contributed by atoms with Gasteiger partial charge in [-0.2, -0.15) is 0 Å². The first kappa shape index (κ1) is 18.2. The van der Waals surface area contributed by atoms with Gasteiger partial charge in [0.2, 0.25) is 5.91 Å². The zero-order valence-electron chi connectivity index (χ0n) is 15.0. The van der Waals surface area contributed by atoms with Gasteiger partial charge in [0.25, 0.3) is 0 Å². The van der Waals surface area contributed by atoms with Gasteiger partial charge < -0.3 is 15.0 Å². The van der Waals surface area contributed by atoms with Crippen LogP contribution in [-0.2, 0) is 11.3 Å². The number of halogens is 1. The van der Waals surface area contributed by atoms with Crippen LogP contribution in [0.25, 0.3) is 0 Å². The predicted octanol–water partition coefficient (Wildman–Crippen LogP) is 2.27. The number of methoxy groups -OCH3 is 1. The van der Waals surface area contributed by atoms with Gasteiger partial charge in [-0.05, 0) is 42.0 Å². The lowest BCUT2D eigenvalue weighted by atomic mass is 10.2. The lowest BCUT2D eigenvalue weighted by Gasteiger charge is -2.35. The number of nitrogens with zero attached hydrogens (tertiary/aromatic N) is 2. The molecule has 1 aliphatic heterocycles. The van der Waals surface area contributed by atoms with Crippen LogP contribution >= 0.6 is 0 Å². The first-order chi connectivity index (χ1) is 12.6. The van der Waals surface area contributed by atoms with Crippen molar-refractivity contribution in [2.75, 3.05) is 44.7 Å². The Morgan fingerprint density at radius 1 is 1.12 bits per heavy atom. The number of hydrogen-bond donors (Lipinski definition) is 1. The summed E-state index contributed by atoms with van der Waals surface area (Å²) < 4.78 is 18.2. The van der Waals surface area contributed by atoms with E-state index >= 15 is 0 Å². The smallest absolute Gasteiger partial charge is 0.234 e. The van der Waals surface area contributed by atoms with Gasteiger partial charge >= 0.3 is 0 Å². The van der Waals surface area contributed by atoms with Gasteiger partial charge in [-0.25, -0.2) is 4.39 Å². The third kappa shape index (κ3) is 4.95. The van der Waals surface area contributed by atoms with Crippen LogP contribution in [0.1, 0.15) is 5.56 Å². The van der Waals surface area contributed by atoms with Crippen LogP contribution < -0.4 is 15.0 Å². The van der Waals surface area contributed by atoms with Crippen molar-refractivity contribution in [3.05, 3.63) is 59.9 Å². The molecule has 1 aliphatic rings. The van der Waals surface area contributed by atoms with Crippen LogP contribution in [0.2, 0.25) is 0 Å². The summed E-state index contributed by atoms with van der Waals surface area (Å²) in [6.07, 6.45) is 0. The Kier molecular flexibility index (Phi) is 6.07. The van der Waals surface area contributed by atoms with E-state index < -0.39 is 0 Å². The molecule has 1 heterocycles. The number of anilines is 1. The van der Waals surface area contributed by atoms with E-state index in [4.69, 9.17) is 4.74 Å². The molecule has 2 aromatic carbocycles. The second-order valence-electron chi connectivity index (χ2n) is 6.37. The Morgan fingerprint density at radius 3 is 2.54 bits per heavy atom. The minimum absolute atomic E-state index is 0.0167. The Morgan fingerprint density at radius 2 is 1.85 bits per heavy atom. The van der Waals surface area contributed by atoms with Crippen molar-refractivity contribution < 1.29 is 13.9 Å². The third-order valence-corrected chi connectivity index (χ3v) is 4.56. The van der Waals surface area contributed by atoms with E-state index in [1.807, 2.05) is 24.3 Å². The second kappa shape index (κ2) is 8.67. The molecule has 1 N–H and O–H groups in total. The highest BCUT2D eigenvalue weighted by Crippen LogP contribution is 2.17. The van der Waals surface area contributed by atoms with Crippen molar-refractivity contribution in [3.63, 3.8) is 0 Å². The Hall–Kier alpha value is -2.60. The van der Waals surface area contributed by atoms with E-state index in [-0.39, 0.29) is 11.7 Å². The molecule has 0 saturated carbocycles. The fourth-order valence-electron chi connectivity index (χ4n) is 3.06. The maximum Gasteiger partial charge on any atom is 0.234 e. The maximum absolute atomic E-state index is 13.0. The molecule has 0 radical (unpaired) electrons. The van der Waals surface area contributed by atoms with Crippen LogP contribution in [0.3, 0.4) is 0 Å². The summed E-state index contributed by atoms with van der Waals surface area (Å²) in [5.41, 5.74) is 2.03. The topological polar surface area (TPSA) is 44.8 Å². The van der Waals surface area contributed by atoms with Gasteiger partial charge in [0.05, 0.1) is 13.7 Å². The quantitative estimate of drug-likeness (QED) is 0.862. The van der Waals surface area contributed by atoms with E-state index in [1.54, 1.807) is 19.2 Å². The molecule has 0 atom stereocenters. The van der Waals surface area contributed by atoms with Gasteiger partial charge in [0.1, 0.15) is 11.6 Å².